The predicted octanol–water partition coefficient (Wildman–Crippen LogP) is 0.152. The van der Waals surface area contributed by atoms with E-state index >= 15 is 0 Å². The normalized spacial score (nSPS) is 16.7. The molecule has 1 aliphatic rings. The van der Waals surface area contributed by atoms with E-state index in [-0.39, 0.29) is 12.5 Å². The van der Waals surface area contributed by atoms with E-state index in [1.807, 2.05) is 25.8 Å². The third kappa shape index (κ3) is 6.54. The van der Waals surface area contributed by atoms with Crippen LogP contribution in [0.2, 0.25) is 0 Å². The number of urea groups is 1. The number of hydrogen-bond acceptors (Lipinski definition) is 4. The first-order valence-electron chi connectivity index (χ1n) is 6.97. The topological polar surface area (TPSA) is 73.5 Å². The van der Waals surface area contributed by atoms with Gasteiger partial charge in [-0.15, -0.1) is 0 Å². The lowest BCUT2D eigenvalue weighted by Crippen LogP contribution is -2.48. The van der Waals surface area contributed by atoms with E-state index in [2.05, 4.69) is 16.0 Å². The Hall–Kier alpha value is -1.14. The Morgan fingerprint density at radius 1 is 1.32 bits per heavy atom. The largest absolute Gasteiger partial charge is 0.338 e. The smallest absolute Gasteiger partial charge is 0.321 e. The van der Waals surface area contributed by atoms with E-state index in [1.165, 1.54) is 0 Å². The quantitative estimate of drug-likeness (QED) is 0.665. The minimum atomic E-state index is -0.405. The van der Waals surface area contributed by atoms with Gasteiger partial charge in [0.25, 0.3) is 0 Å². The van der Waals surface area contributed by atoms with E-state index in [9.17, 15) is 9.59 Å². The van der Waals surface area contributed by atoms with Crippen LogP contribution in [0.4, 0.5) is 4.79 Å². The summed E-state index contributed by atoms with van der Waals surface area (Å²) in [6.07, 6.45) is 2.09. The van der Waals surface area contributed by atoms with Crippen LogP contribution in [0.1, 0.15) is 26.7 Å². The summed E-state index contributed by atoms with van der Waals surface area (Å²) in [4.78, 5) is 25.2. The molecule has 0 radical (unpaired) electrons. The molecule has 19 heavy (non-hydrogen) atoms. The fourth-order valence-electron chi connectivity index (χ4n) is 2.11. The van der Waals surface area contributed by atoms with E-state index < -0.39 is 6.03 Å². The van der Waals surface area contributed by atoms with Crippen LogP contribution in [-0.2, 0) is 4.79 Å². The van der Waals surface area contributed by atoms with Crippen LogP contribution in [0.15, 0.2) is 0 Å². The van der Waals surface area contributed by atoms with Gasteiger partial charge < -0.3 is 10.6 Å². The van der Waals surface area contributed by atoms with Gasteiger partial charge in [-0.1, -0.05) is 13.8 Å². The van der Waals surface area contributed by atoms with Crippen molar-refractivity contribution in [2.45, 2.75) is 32.7 Å². The Balaban J connectivity index is 2.23. The van der Waals surface area contributed by atoms with Gasteiger partial charge in [-0.05, 0) is 38.9 Å². The Morgan fingerprint density at radius 3 is 2.53 bits per heavy atom. The van der Waals surface area contributed by atoms with Crippen molar-refractivity contribution in [2.75, 3.05) is 33.2 Å². The third-order valence-corrected chi connectivity index (χ3v) is 3.25. The summed E-state index contributed by atoms with van der Waals surface area (Å²) in [5, 5.41) is 8.32. The molecule has 0 bridgehead atoms. The van der Waals surface area contributed by atoms with Crippen molar-refractivity contribution in [3.05, 3.63) is 0 Å². The van der Waals surface area contributed by atoms with Gasteiger partial charge in [0.1, 0.15) is 0 Å². The fourth-order valence-corrected chi connectivity index (χ4v) is 2.11. The van der Waals surface area contributed by atoms with E-state index in [4.69, 9.17) is 0 Å². The first kappa shape index (κ1) is 15.9. The summed E-state index contributed by atoms with van der Waals surface area (Å²) >= 11 is 0. The zero-order valence-electron chi connectivity index (χ0n) is 12.2. The molecule has 6 nitrogen and oxygen atoms in total. The number of imide groups is 1. The van der Waals surface area contributed by atoms with Gasteiger partial charge >= 0.3 is 6.03 Å². The van der Waals surface area contributed by atoms with Gasteiger partial charge in [0, 0.05) is 12.6 Å². The molecule has 1 aliphatic heterocycles. The number of nitrogens with zero attached hydrogens (tertiary/aromatic N) is 1. The highest BCUT2D eigenvalue weighted by atomic mass is 16.2. The highest BCUT2D eigenvalue weighted by Crippen LogP contribution is 2.08. The maximum absolute atomic E-state index is 11.7. The molecular weight excluding hydrogens is 244 g/mol. The molecule has 0 aromatic rings. The Bertz CT molecular complexity index is 301. The molecule has 1 fully saturated rings. The number of rotatable bonds is 5. The van der Waals surface area contributed by atoms with Gasteiger partial charge in [0.05, 0.1) is 6.54 Å². The first-order valence-corrected chi connectivity index (χ1v) is 6.97. The van der Waals surface area contributed by atoms with Crippen molar-refractivity contribution in [3.63, 3.8) is 0 Å². The van der Waals surface area contributed by atoms with Crippen molar-refractivity contribution < 1.29 is 9.59 Å². The lowest BCUT2D eigenvalue weighted by atomic mass is 10.1. The number of hydrogen-bond donors (Lipinski definition) is 3. The second-order valence-corrected chi connectivity index (χ2v) is 5.55. The fraction of sp³-hybridized carbons (Fsp3) is 0.846. The molecule has 0 spiro atoms. The van der Waals surface area contributed by atoms with Gasteiger partial charge in [0.15, 0.2) is 0 Å². The maximum atomic E-state index is 11.7. The van der Waals surface area contributed by atoms with E-state index in [0.717, 1.165) is 25.9 Å². The number of likely N-dealkylation sites (N-methyl/N-ethyl adjacent to an activating group) is 1. The lowest BCUT2D eigenvalue weighted by molar-refractivity contribution is -0.121. The minimum absolute atomic E-state index is 0.248. The third-order valence-electron chi connectivity index (χ3n) is 3.25. The Labute approximate surface area is 115 Å². The van der Waals surface area contributed by atoms with Crippen molar-refractivity contribution in [2.24, 2.45) is 5.92 Å². The van der Waals surface area contributed by atoms with Gasteiger partial charge in [0.2, 0.25) is 5.91 Å². The monoisotopic (exact) mass is 270 g/mol. The molecule has 110 valence electrons. The molecule has 1 heterocycles. The molecule has 6 heteroatoms. The molecule has 0 aliphatic carbocycles. The molecule has 1 saturated heterocycles. The summed E-state index contributed by atoms with van der Waals surface area (Å²) in [6.45, 7) is 6.83. The van der Waals surface area contributed by atoms with E-state index in [0.29, 0.717) is 18.5 Å². The summed E-state index contributed by atoms with van der Waals surface area (Å²) in [6, 6.07) is 0.0168. The van der Waals surface area contributed by atoms with Crippen molar-refractivity contribution >= 4 is 11.9 Å². The molecule has 0 atom stereocenters. The van der Waals surface area contributed by atoms with Crippen LogP contribution in [0.5, 0.6) is 0 Å². The molecule has 3 amide bonds. The molecule has 0 saturated carbocycles. The van der Waals surface area contributed by atoms with Crippen molar-refractivity contribution in [1.82, 2.24) is 20.9 Å². The number of carbonyl (C=O) groups is 2. The first-order chi connectivity index (χ1) is 8.99. The summed E-state index contributed by atoms with van der Waals surface area (Å²) in [7, 11) is 1.93. The highest BCUT2D eigenvalue weighted by Gasteiger charge is 2.20. The Morgan fingerprint density at radius 2 is 1.95 bits per heavy atom. The molecule has 1 rings (SSSR count). The standard InChI is InChI=1S/C13H26N4O2/c1-10(2)8-15-13(19)16-12(18)9-17(3)11-4-6-14-7-5-11/h10-11,14H,4-9H2,1-3H3,(H2,15,16,18,19). The maximum Gasteiger partial charge on any atom is 0.321 e. The molecule has 0 aromatic heterocycles. The van der Waals surface area contributed by atoms with Crippen LogP contribution in [0, 0.1) is 5.92 Å². The number of nitrogens with one attached hydrogen (secondary N) is 3. The van der Waals surface area contributed by atoms with Crippen LogP contribution in [0.3, 0.4) is 0 Å². The average Bonchev–Trinajstić information content (AvgIpc) is 2.37. The second-order valence-electron chi connectivity index (χ2n) is 5.55. The van der Waals surface area contributed by atoms with Gasteiger partial charge in [-0.3, -0.25) is 15.0 Å². The number of carbonyl (C=O) groups excluding carboxylic acids is 2. The summed E-state index contributed by atoms with van der Waals surface area (Å²) < 4.78 is 0. The predicted molar refractivity (Wildman–Crippen MR) is 74.9 cm³/mol. The Kier molecular flexibility index (Phi) is 6.80. The summed E-state index contributed by atoms with van der Waals surface area (Å²) in [5.41, 5.74) is 0. The number of amides is 3. The molecule has 0 unspecified atom stereocenters. The van der Waals surface area contributed by atoms with Crippen LogP contribution in [0.25, 0.3) is 0 Å². The zero-order valence-corrected chi connectivity index (χ0v) is 12.2. The summed E-state index contributed by atoms with van der Waals surface area (Å²) in [5.74, 6) is 0.126. The second kappa shape index (κ2) is 8.12. The van der Waals surface area contributed by atoms with Gasteiger partial charge in [-0.25, -0.2) is 4.79 Å². The van der Waals surface area contributed by atoms with Crippen LogP contribution < -0.4 is 16.0 Å². The van der Waals surface area contributed by atoms with E-state index in [1.54, 1.807) is 0 Å². The molecule has 3 N–H and O–H groups in total. The SMILES string of the molecule is CC(C)CNC(=O)NC(=O)CN(C)C1CCNCC1. The number of piperidine rings is 1. The van der Waals surface area contributed by atoms with Crippen molar-refractivity contribution in [3.8, 4) is 0 Å². The lowest BCUT2D eigenvalue weighted by Gasteiger charge is -2.30. The van der Waals surface area contributed by atoms with Crippen LogP contribution in [-0.4, -0.2) is 56.1 Å². The van der Waals surface area contributed by atoms with Gasteiger partial charge in [-0.2, -0.15) is 0 Å². The minimum Gasteiger partial charge on any atom is -0.338 e. The average molecular weight is 270 g/mol. The van der Waals surface area contributed by atoms with Crippen LogP contribution >= 0.6 is 0 Å². The zero-order chi connectivity index (χ0) is 14.3. The molecular formula is C13H26N4O2. The van der Waals surface area contributed by atoms with Crippen molar-refractivity contribution in [1.29, 1.82) is 0 Å². The molecule has 0 aromatic carbocycles. The highest BCUT2D eigenvalue weighted by molar-refractivity contribution is 5.95.